The molecule has 1 aromatic heterocycles. The minimum Gasteiger partial charge on any atom is -0.313 e. The van der Waals surface area contributed by atoms with Crippen LogP contribution < -0.4 is 5.32 Å². The molecule has 2 aromatic rings. The summed E-state index contributed by atoms with van der Waals surface area (Å²) < 4.78 is 39.8. The molecule has 19 heavy (non-hydrogen) atoms. The fourth-order valence-corrected chi connectivity index (χ4v) is 1.93. The minimum absolute atomic E-state index is 0.241. The van der Waals surface area contributed by atoms with Crippen LogP contribution in [0.4, 0.5) is 13.2 Å². The van der Waals surface area contributed by atoms with Gasteiger partial charge in [0.2, 0.25) is 0 Å². The van der Waals surface area contributed by atoms with E-state index in [-0.39, 0.29) is 5.69 Å². The molecule has 9 heteroatoms. The van der Waals surface area contributed by atoms with Crippen molar-refractivity contribution in [1.29, 1.82) is 0 Å². The first kappa shape index (κ1) is 13.9. The van der Waals surface area contributed by atoms with Crippen molar-refractivity contribution < 1.29 is 13.2 Å². The highest BCUT2D eigenvalue weighted by Gasteiger charge is 2.31. The Hall–Kier alpha value is -1.48. The Morgan fingerprint density at radius 1 is 1.37 bits per heavy atom. The fourth-order valence-electron chi connectivity index (χ4n) is 1.51. The van der Waals surface area contributed by atoms with Gasteiger partial charge in [-0.05, 0) is 51.6 Å². The summed E-state index contributed by atoms with van der Waals surface area (Å²) in [4.78, 5) is 0. The van der Waals surface area contributed by atoms with Crippen molar-refractivity contribution in [2.75, 3.05) is 7.05 Å². The van der Waals surface area contributed by atoms with E-state index in [0.717, 1.165) is 12.1 Å². The van der Waals surface area contributed by atoms with Crippen molar-refractivity contribution in [3.8, 4) is 5.69 Å². The van der Waals surface area contributed by atoms with E-state index in [1.54, 1.807) is 7.05 Å². The second-order valence-electron chi connectivity index (χ2n) is 3.70. The summed E-state index contributed by atoms with van der Waals surface area (Å²) in [6, 6.07) is 3.32. The van der Waals surface area contributed by atoms with E-state index in [1.807, 2.05) is 0 Å². The molecule has 0 bridgehead atoms. The van der Waals surface area contributed by atoms with E-state index in [2.05, 4.69) is 36.8 Å². The summed E-state index contributed by atoms with van der Waals surface area (Å²) in [5.74, 6) is 0.419. The molecule has 0 amide bonds. The predicted octanol–water partition coefficient (Wildman–Crippen LogP) is 2.16. The number of alkyl halides is 3. The average Bonchev–Trinajstić information content (AvgIpc) is 2.77. The molecule has 1 N–H and O–H groups in total. The molecule has 0 radical (unpaired) electrons. The molecule has 0 aliphatic rings. The highest BCUT2D eigenvalue weighted by molar-refractivity contribution is 9.10. The highest BCUT2D eigenvalue weighted by Crippen LogP contribution is 2.33. The highest BCUT2D eigenvalue weighted by atomic mass is 79.9. The zero-order valence-electron chi connectivity index (χ0n) is 9.74. The van der Waals surface area contributed by atoms with Crippen LogP contribution in [0.3, 0.4) is 0 Å². The van der Waals surface area contributed by atoms with Gasteiger partial charge in [0, 0.05) is 4.47 Å². The SMILES string of the molecule is CNCc1nnnn1-c1cc(C(F)(F)F)ccc1Br. The van der Waals surface area contributed by atoms with Crippen molar-refractivity contribution in [2.45, 2.75) is 12.7 Å². The van der Waals surface area contributed by atoms with Crippen molar-refractivity contribution >= 4 is 15.9 Å². The van der Waals surface area contributed by atoms with Crippen LogP contribution in [0.5, 0.6) is 0 Å². The molecule has 0 fully saturated rings. The van der Waals surface area contributed by atoms with E-state index in [1.165, 1.54) is 10.7 Å². The molecule has 0 saturated heterocycles. The van der Waals surface area contributed by atoms with E-state index in [9.17, 15) is 13.2 Å². The molecule has 0 atom stereocenters. The van der Waals surface area contributed by atoms with Crippen molar-refractivity contribution in [1.82, 2.24) is 25.5 Å². The van der Waals surface area contributed by atoms with E-state index in [4.69, 9.17) is 0 Å². The Morgan fingerprint density at radius 3 is 2.74 bits per heavy atom. The number of tetrazole rings is 1. The van der Waals surface area contributed by atoms with Gasteiger partial charge in [-0.15, -0.1) is 5.10 Å². The number of rotatable bonds is 3. The summed E-state index contributed by atoms with van der Waals surface area (Å²) >= 11 is 3.20. The molecule has 0 saturated carbocycles. The molecule has 5 nitrogen and oxygen atoms in total. The number of benzene rings is 1. The molecular formula is C10H9BrF3N5. The third-order valence-electron chi connectivity index (χ3n) is 2.37. The molecule has 2 rings (SSSR count). The zero-order valence-corrected chi connectivity index (χ0v) is 11.3. The van der Waals surface area contributed by atoms with Crippen LogP contribution in [0.15, 0.2) is 22.7 Å². The predicted molar refractivity (Wildman–Crippen MR) is 64.6 cm³/mol. The smallest absolute Gasteiger partial charge is 0.313 e. The third-order valence-corrected chi connectivity index (χ3v) is 3.04. The van der Waals surface area contributed by atoms with Crippen molar-refractivity contribution in [3.05, 3.63) is 34.1 Å². The molecule has 0 spiro atoms. The van der Waals surface area contributed by atoms with Crippen LogP contribution in [-0.2, 0) is 12.7 Å². The first-order chi connectivity index (χ1) is 8.93. The molecule has 1 heterocycles. The monoisotopic (exact) mass is 335 g/mol. The largest absolute Gasteiger partial charge is 0.416 e. The van der Waals surface area contributed by atoms with Gasteiger partial charge < -0.3 is 5.32 Å². The topological polar surface area (TPSA) is 55.6 Å². The Bertz CT molecular complexity index is 581. The molecule has 0 aliphatic heterocycles. The average molecular weight is 336 g/mol. The summed E-state index contributed by atoms with van der Waals surface area (Å²) in [7, 11) is 1.69. The second kappa shape index (κ2) is 5.25. The Balaban J connectivity index is 2.52. The van der Waals surface area contributed by atoms with Gasteiger partial charge in [0.15, 0.2) is 5.82 Å². The first-order valence-corrected chi connectivity index (χ1v) is 6.01. The zero-order chi connectivity index (χ0) is 14.0. The normalized spacial score (nSPS) is 11.8. The Morgan fingerprint density at radius 2 is 2.11 bits per heavy atom. The van der Waals surface area contributed by atoms with Gasteiger partial charge in [0.25, 0.3) is 0 Å². The van der Waals surface area contributed by atoms with E-state index < -0.39 is 11.7 Å². The number of nitrogens with zero attached hydrogens (tertiary/aromatic N) is 4. The maximum absolute atomic E-state index is 12.7. The van der Waals surface area contributed by atoms with Gasteiger partial charge in [0.05, 0.1) is 17.8 Å². The van der Waals surface area contributed by atoms with Crippen LogP contribution in [0.2, 0.25) is 0 Å². The number of hydrogen-bond donors (Lipinski definition) is 1. The summed E-state index contributed by atoms with van der Waals surface area (Å²) in [6.45, 7) is 0.343. The maximum atomic E-state index is 12.7. The maximum Gasteiger partial charge on any atom is 0.416 e. The number of hydrogen-bond acceptors (Lipinski definition) is 4. The van der Waals surface area contributed by atoms with Crippen molar-refractivity contribution in [3.63, 3.8) is 0 Å². The van der Waals surface area contributed by atoms with Gasteiger partial charge in [-0.3, -0.25) is 0 Å². The standard InChI is InChI=1S/C10H9BrF3N5/c1-15-5-9-16-17-18-19(9)8-4-6(10(12,13)14)2-3-7(8)11/h2-4,15H,5H2,1H3. The lowest BCUT2D eigenvalue weighted by molar-refractivity contribution is -0.137. The van der Waals surface area contributed by atoms with Crippen LogP contribution >= 0.6 is 15.9 Å². The van der Waals surface area contributed by atoms with E-state index >= 15 is 0 Å². The molecule has 0 aliphatic carbocycles. The lowest BCUT2D eigenvalue weighted by Crippen LogP contribution is -2.13. The molecule has 102 valence electrons. The number of nitrogens with one attached hydrogen (secondary N) is 1. The fraction of sp³-hybridized carbons (Fsp3) is 0.300. The number of aromatic nitrogens is 4. The third kappa shape index (κ3) is 2.92. The summed E-state index contributed by atoms with van der Waals surface area (Å²) in [5, 5.41) is 13.8. The summed E-state index contributed by atoms with van der Waals surface area (Å²) in [6.07, 6.45) is -4.41. The Labute approximate surface area is 114 Å². The van der Waals surface area contributed by atoms with Crippen LogP contribution in [0.25, 0.3) is 5.69 Å². The van der Waals surface area contributed by atoms with Gasteiger partial charge in [0.1, 0.15) is 0 Å². The second-order valence-corrected chi connectivity index (χ2v) is 4.56. The lowest BCUT2D eigenvalue weighted by atomic mass is 10.2. The number of halogens is 4. The first-order valence-electron chi connectivity index (χ1n) is 5.22. The Kier molecular flexibility index (Phi) is 3.85. The minimum atomic E-state index is -4.41. The molecule has 0 unspecified atom stereocenters. The van der Waals surface area contributed by atoms with Gasteiger partial charge in [-0.1, -0.05) is 0 Å². The quantitative estimate of drug-likeness (QED) is 0.933. The van der Waals surface area contributed by atoms with Gasteiger partial charge >= 0.3 is 6.18 Å². The molecular weight excluding hydrogens is 327 g/mol. The van der Waals surface area contributed by atoms with Crippen molar-refractivity contribution in [2.24, 2.45) is 0 Å². The van der Waals surface area contributed by atoms with Gasteiger partial charge in [-0.2, -0.15) is 17.9 Å². The van der Waals surface area contributed by atoms with Crippen LogP contribution in [-0.4, -0.2) is 27.3 Å². The lowest BCUT2D eigenvalue weighted by Gasteiger charge is -2.11. The molecule has 1 aromatic carbocycles. The van der Waals surface area contributed by atoms with Crippen LogP contribution in [0.1, 0.15) is 11.4 Å². The van der Waals surface area contributed by atoms with E-state index in [0.29, 0.717) is 16.8 Å². The van der Waals surface area contributed by atoms with Gasteiger partial charge in [-0.25, -0.2) is 0 Å². The van der Waals surface area contributed by atoms with Crippen LogP contribution in [0, 0.1) is 0 Å². The summed E-state index contributed by atoms with van der Waals surface area (Å²) in [5.41, 5.74) is -0.512.